The molecule has 0 spiro atoms. The molecule has 20 heavy (non-hydrogen) atoms. The van der Waals surface area contributed by atoms with Crippen molar-refractivity contribution >= 4 is 27.5 Å². The molecular weight excluding hydrogens is 336 g/mol. The third-order valence-electron chi connectivity index (χ3n) is 2.92. The molecule has 1 radical (unpaired) electrons. The first-order valence-corrected chi connectivity index (χ1v) is 7.16. The van der Waals surface area contributed by atoms with Crippen molar-refractivity contribution in [2.45, 2.75) is 0 Å². The summed E-state index contributed by atoms with van der Waals surface area (Å²) in [6, 6.07) is 15.6. The first-order chi connectivity index (χ1) is 9.74. The molecule has 0 saturated heterocycles. The Kier molecular flexibility index (Phi) is 3.81. The van der Waals surface area contributed by atoms with E-state index in [0.717, 1.165) is 26.9 Å². The molecule has 0 bridgehead atoms. The lowest BCUT2D eigenvalue weighted by molar-refractivity contribution is 1.16. The first kappa shape index (κ1) is 13.3. The van der Waals surface area contributed by atoms with Gasteiger partial charge in [0, 0.05) is 26.8 Å². The Balaban J connectivity index is 2.16. The van der Waals surface area contributed by atoms with Crippen LogP contribution in [0.2, 0.25) is 5.02 Å². The highest BCUT2D eigenvalue weighted by molar-refractivity contribution is 9.10. The molecule has 0 fully saturated rings. The van der Waals surface area contributed by atoms with Gasteiger partial charge in [-0.25, -0.2) is 9.97 Å². The Morgan fingerprint density at radius 1 is 1.00 bits per heavy atom. The topological polar surface area (TPSA) is 25.8 Å². The summed E-state index contributed by atoms with van der Waals surface area (Å²) >= 11 is 9.41. The number of hydrogen-bond donors (Lipinski definition) is 0. The zero-order valence-corrected chi connectivity index (χ0v) is 12.7. The van der Waals surface area contributed by atoms with E-state index in [1.54, 1.807) is 6.20 Å². The molecule has 3 rings (SSSR count). The van der Waals surface area contributed by atoms with E-state index in [-0.39, 0.29) is 0 Å². The molecule has 0 aliphatic rings. The molecule has 0 amide bonds. The maximum absolute atomic E-state index is 5.93. The second-order valence-electron chi connectivity index (χ2n) is 4.25. The molecule has 2 aromatic carbocycles. The first-order valence-electron chi connectivity index (χ1n) is 5.99. The monoisotopic (exact) mass is 343 g/mol. The van der Waals surface area contributed by atoms with Crippen LogP contribution in [0.4, 0.5) is 0 Å². The Hall–Kier alpha value is -1.71. The van der Waals surface area contributed by atoms with Crippen molar-refractivity contribution in [3.8, 4) is 22.4 Å². The fourth-order valence-electron chi connectivity index (χ4n) is 1.99. The zero-order chi connectivity index (χ0) is 13.9. The number of rotatable bonds is 2. The number of halogens is 2. The molecular formula is C16H9BrClN2. The quantitative estimate of drug-likeness (QED) is 0.652. The van der Waals surface area contributed by atoms with Crippen LogP contribution in [-0.2, 0) is 0 Å². The van der Waals surface area contributed by atoms with Gasteiger partial charge >= 0.3 is 0 Å². The van der Waals surface area contributed by atoms with Crippen LogP contribution in [0.25, 0.3) is 22.4 Å². The van der Waals surface area contributed by atoms with Gasteiger partial charge in [-0.1, -0.05) is 51.8 Å². The van der Waals surface area contributed by atoms with Crippen molar-refractivity contribution < 1.29 is 0 Å². The second-order valence-corrected chi connectivity index (χ2v) is 5.60. The summed E-state index contributed by atoms with van der Waals surface area (Å²) in [5.74, 6) is 0. The van der Waals surface area contributed by atoms with E-state index >= 15 is 0 Å². The summed E-state index contributed by atoms with van der Waals surface area (Å²) < 4.78 is 1.01. The average Bonchev–Trinajstić information content (AvgIpc) is 2.48. The zero-order valence-electron chi connectivity index (χ0n) is 10.3. The van der Waals surface area contributed by atoms with Crippen molar-refractivity contribution in [1.82, 2.24) is 9.97 Å². The average molecular weight is 345 g/mol. The molecule has 0 saturated carbocycles. The van der Waals surface area contributed by atoms with Crippen molar-refractivity contribution in [1.29, 1.82) is 0 Å². The maximum atomic E-state index is 5.93. The van der Waals surface area contributed by atoms with E-state index in [4.69, 9.17) is 11.6 Å². The predicted molar refractivity (Wildman–Crippen MR) is 84.5 cm³/mol. The minimum Gasteiger partial charge on any atom is -0.233 e. The van der Waals surface area contributed by atoms with Crippen LogP contribution in [-0.4, -0.2) is 9.97 Å². The molecule has 4 heteroatoms. The SMILES string of the molecule is Clc1ccc(-c2cn[c]nc2-c2cccc(Br)c2)cc1. The second kappa shape index (κ2) is 5.73. The summed E-state index contributed by atoms with van der Waals surface area (Å²) in [4.78, 5) is 8.31. The lowest BCUT2D eigenvalue weighted by Gasteiger charge is -2.08. The Labute approximate surface area is 130 Å². The Bertz CT molecular complexity index is 741. The number of benzene rings is 2. The highest BCUT2D eigenvalue weighted by Crippen LogP contribution is 2.31. The number of nitrogens with zero attached hydrogens (tertiary/aromatic N) is 2. The smallest absolute Gasteiger partial charge is 0.198 e. The van der Waals surface area contributed by atoms with Crippen LogP contribution in [0.15, 0.2) is 59.2 Å². The maximum Gasteiger partial charge on any atom is 0.198 e. The van der Waals surface area contributed by atoms with Gasteiger partial charge in [-0.2, -0.15) is 0 Å². The van der Waals surface area contributed by atoms with E-state index in [1.807, 2.05) is 48.5 Å². The molecule has 1 aromatic heterocycles. The van der Waals surface area contributed by atoms with Crippen LogP contribution in [0.3, 0.4) is 0 Å². The molecule has 0 atom stereocenters. The van der Waals surface area contributed by atoms with Gasteiger partial charge in [0.05, 0.1) is 5.69 Å². The number of hydrogen-bond acceptors (Lipinski definition) is 2. The third kappa shape index (κ3) is 2.74. The van der Waals surface area contributed by atoms with Crippen LogP contribution < -0.4 is 0 Å². The van der Waals surface area contributed by atoms with Crippen LogP contribution in [0, 0.1) is 6.33 Å². The molecule has 3 aromatic rings. The molecule has 2 nitrogen and oxygen atoms in total. The largest absolute Gasteiger partial charge is 0.233 e. The standard InChI is InChI=1S/C16H9BrClN2/c17-13-3-1-2-12(8-13)16-15(9-19-10-20-16)11-4-6-14(18)7-5-11/h1-9H. The number of aromatic nitrogens is 2. The molecule has 0 aliphatic carbocycles. The van der Waals surface area contributed by atoms with E-state index < -0.39 is 0 Å². The highest BCUT2D eigenvalue weighted by atomic mass is 79.9. The van der Waals surface area contributed by atoms with Gasteiger partial charge in [0.1, 0.15) is 0 Å². The minimum absolute atomic E-state index is 0.709. The van der Waals surface area contributed by atoms with Gasteiger partial charge in [-0.15, -0.1) is 0 Å². The fraction of sp³-hybridized carbons (Fsp3) is 0. The highest BCUT2D eigenvalue weighted by Gasteiger charge is 2.09. The molecule has 0 N–H and O–H groups in total. The van der Waals surface area contributed by atoms with Crippen LogP contribution in [0.5, 0.6) is 0 Å². The molecule has 0 aliphatic heterocycles. The molecule has 0 unspecified atom stereocenters. The van der Waals surface area contributed by atoms with Crippen molar-refractivity contribution in [2.75, 3.05) is 0 Å². The van der Waals surface area contributed by atoms with Crippen molar-refractivity contribution in [2.24, 2.45) is 0 Å². The summed E-state index contributed by atoms with van der Waals surface area (Å²) in [5.41, 5.74) is 3.85. The van der Waals surface area contributed by atoms with Crippen LogP contribution >= 0.6 is 27.5 Å². The van der Waals surface area contributed by atoms with Gasteiger partial charge in [0.25, 0.3) is 0 Å². The lowest BCUT2D eigenvalue weighted by atomic mass is 10.0. The molecule has 97 valence electrons. The Morgan fingerprint density at radius 3 is 2.55 bits per heavy atom. The summed E-state index contributed by atoms with van der Waals surface area (Å²) in [6.45, 7) is 0. The summed E-state index contributed by atoms with van der Waals surface area (Å²) in [6.07, 6.45) is 4.43. The third-order valence-corrected chi connectivity index (χ3v) is 3.67. The Morgan fingerprint density at radius 2 is 1.80 bits per heavy atom. The van der Waals surface area contributed by atoms with Crippen LogP contribution in [0.1, 0.15) is 0 Å². The normalized spacial score (nSPS) is 10.5. The van der Waals surface area contributed by atoms with E-state index in [1.165, 1.54) is 0 Å². The van der Waals surface area contributed by atoms with E-state index in [0.29, 0.717) is 5.02 Å². The van der Waals surface area contributed by atoms with Gasteiger partial charge in [0.15, 0.2) is 6.33 Å². The predicted octanol–water partition coefficient (Wildman–Crippen LogP) is 5.03. The van der Waals surface area contributed by atoms with Gasteiger partial charge in [-0.3, -0.25) is 0 Å². The van der Waals surface area contributed by atoms with Gasteiger partial charge in [-0.05, 0) is 29.8 Å². The van der Waals surface area contributed by atoms with E-state index in [2.05, 4.69) is 32.2 Å². The summed E-state index contributed by atoms with van der Waals surface area (Å²) in [5, 5.41) is 0.709. The van der Waals surface area contributed by atoms with Crippen molar-refractivity contribution in [3.05, 3.63) is 70.6 Å². The molecule has 1 heterocycles. The van der Waals surface area contributed by atoms with E-state index in [9.17, 15) is 0 Å². The van der Waals surface area contributed by atoms with Crippen molar-refractivity contribution in [3.63, 3.8) is 0 Å². The fourth-order valence-corrected chi connectivity index (χ4v) is 2.52. The summed E-state index contributed by atoms with van der Waals surface area (Å²) in [7, 11) is 0. The lowest BCUT2D eigenvalue weighted by Crippen LogP contribution is -1.91. The van der Waals surface area contributed by atoms with Gasteiger partial charge < -0.3 is 0 Å². The van der Waals surface area contributed by atoms with Gasteiger partial charge in [0.2, 0.25) is 0 Å². The minimum atomic E-state index is 0.709.